The summed E-state index contributed by atoms with van der Waals surface area (Å²) in [7, 11) is -5.17. The van der Waals surface area contributed by atoms with E-state index in [4.69, 9.17) is 17.7 Å². The number of rotatable bonds is 2. The van der Waals surface area contributed by atoms with E-state index < -0.39 is 10.5 Å². The number of benzene rings is 3. The number of halogens is 1. The third-order valence-corrected chi connectivity index (χ3v) is 3.73. The first-order valence-electron chi connectivity index (χ1n) is 8.04. The topological polar surface area (TPSA) is 93.6 Å². The molecule has 1 N–H and O–H groups in total. The summed E-state index contributed by atoms with van der Waals surface area (Å²) in [6.07, 6.45) is 0. The summed E-state index contributed by atoms with van der Waals surface area (Å²) in [4.78, 5) is 17.1. The Hall–Kier alpha value is -3.36. The predicted octanol–water partition coefficient (Wildman–Crippen LogP) is 4.37. The average molecular weight is 399 g/mol. The molecule has 4 aromatic rings. The molecule has 0 aliphatic carbocycles. The van der Waals surface area contributed by atoms with Crippen LogP contribution in [0, 0.1) is 0 Å². The minimum absolute atomic E-state index is 0.376. The second-order valence-corrected chi connectivity index (χ2v) is 6.49. The highest BCUT2D eigenvalue weighted by Gasteiger charge is 2.13. The van der Waals surface area contributed by atoms with E-state index in [2.05, 4.69) is 4.98 Å². The van der Waals surface area contributed by atoms with E-state index in [9.17, 15) is 8.68 Å². The standard InChI is InChI=1S/C20H13NO2.FHO3S/c22-20(23-15-8-2-1-3-9-15)16-10-6-12-19-17(16)13-14-7-4-5-11-18(14)21-19;1-5(2,3)4/h1-13H;(H,2,3,4). The highest BCUT2D eigenvalue weighted by Crippen LogP contribution is 2.24. The summed E-state index contributed by atoms with van der Waals surface area (Å²) in [5.74, 6) is 0.155. The lowest BCUT2D eigenvalue weighted by atomic mass is 10.1. The van der Waals surface area contributed by atoms with Crippen molar-refractivity contribution in [1.82, 2.24) is 4.98 Å². The number of carbonyl (C=O) groups is 1. The first kappa shape index (κ1) is 19.4. The van der Waals surface area contributed by atoms with Crippen LogP contribution in [-0.4, -0.2) is 23.9 Å². The lowest BCUT2D eigenvalue weighted by Crippen LogP contribution is -2.09. The molecule has 0 atom stereocenters. The van der Waals surface area contributed by atoms with E-state index in [1.165, 1.54) is 0 Å². The molecular weight excluding hydrogens is 385 g/mol. The summed E-state index contributed by atoms with van der Waals surface area (Å²) >= 11 is 0. The van der Waals surface area contributed by atoms with Crippen LogP contribution in [0.1, 0.15) is 10.4 Å². The number of pyridine rings is 1. The molecule has 0 aliphatic rings. The number of esters is 1. The van der Waals surface area contributed by atoms with Gasteiger partial charge < -0.3 is 4.74 Å². The Morgan fingerprint density at radius 2 is 1.50 bits per heavy atom. The normalized spacial score (nSPS) is 10.9. The Labute approximate surface area is 160 Å². The van der Waals surface area contributed by atoms with Crippen LogP contribution in [0.15, 0.2) is 78.9 Å². The van der Waals surface area contributed by atoms with Crippen LogP contribution in [0.2, 0.25) is 0 Å². The summed E-state index contributed by atoms with van der Waals surface area (Å²) in [5.41, 5.74) is 2.21. The lowest BCUT2D eigenvalue weighted by molar-refractivity contribution is 0.0737. The van der Waals surface area contributed by atoms with Crippen LogP contribution in [0.5, 0.6) is 5.75 Å². The molecule has 0 saturated heterocycles. The fourth-order valence-electron chi connectivity index (χ4n) is 2.63. The maximum absolute atomic E-state index is 12.5. The van der Waals surface area contributed by atoms with E-state index >= 15 is 0 Å². The maximum Gasteiger partial charge on any atom is 0.435 e. The second kappa shape index (κ2) is 8.12. The van der Waals surface area contributed by atoms with E-state index in [-0.39, 0.29) is 5.97 Å². The molecule has 0 aliphatic heterocycles. The van der Waals surface area contributed by atoms with Crippen molar-refractivity contribution in [2.45, 2.75) is 0 Å². The van der Waals surface area contributed by atoms with Crippen molar-refractivity contribution in [3.05, 3.63) is 84.4 Å². The number of aromatic nitrogens is 1. The zero-order valence-corrected chi connectivity index (χ0v) is 15.1. The van der Waals surface area contributed by atoms with Gasteiger partial charge in [-0.2, -0.15) is 8.42 Å². The molecule has 1 heterocycles. The highest BCUT2D eigenvalue weighted by atomic mass is 32.3. The van der Waals surface area contributed by atoms with Crippen molar-refractivity contribution in [3.63, 3.8) is 0 Å². The SMILES string of the molecule is O=C(Oc1ccccc1)c1cccc2nc3ccccc3cc12.O=S(=O)(O)F. The van der Waals surface area contributed by atoms with Gasteiger partial charge in [-0.1, -0.05) is 46.4 Å². The lowest BCUT2D eigenvalue weighted by Gasteiger charge is -2.08. The van der Waals surface area contributed by atoms with Gasteiger partial charge >= 0.3 is 16.5 Å². The fraction of sp³-hybridized carbons (Fsp3) is 0. The quantitative estimate of drug-likeness (QED) is 0.177. The molecule has 28 heavy (non-hydrogen) atoms. The number of hydrogen-bond donors (Lipinski definition) is 1. The molecule has 142 valence electrons. The van der Waals surface area contributed by atoms with Crippen LogP contribution < -0.4 is 4.74 Å². The zero-order valence-electron chi connectivity index (χ0n) is 14.3. The summed E-state index contributed by atoms with van der Waals surface area (Å²) in [5, 5.41) is 1.80. The fourth-order valence-corrected chi connectivity index (χ4v) is 2.63. The summed E-state index contributed by atoms with van der Waals surface area (Å²) in [6.45, 7) is 0. The van der Waals surface area contributed by atoms with Crippen LogP contribution in [0.25, 0.3) is 21.8 Å². The molecule has 0 fully saturated rings. The monoisotopic (exact) mass is 399 g/mol. The van der Waals surface area contributed by atoms with E-state index in [0.29, 0.717) is 11.3 Å². The third-order valence-electron chi connectivity index (χ3n) is 3.73. The molecule has 0 radical (unpaired) electrons. The van der Waals surface area contributed by atoms with Crippen LogP contribution >= 0.6 is 0 Å². The molecule has 0 bridgehead atoms. The van der Waals surface area contributed by atoms with Gasteiger partial charge in [-0.3, -0.25) is 4.55 Å². The van der Waals surface area contributed by atoms with Gasteiger partial charge in [0.05, 0.1) is 16.6 Å². The summed E-state index contributed by atoms with van der Waals surface area (Å²) in [6, 6.07) is 24.4. The summed E-state index contributed by atoms with van der Waals surface area (Å²) < 4.78 is 39.5. The van der Waals surface area contributed by atoms with Crippen molar-refractivity contribution in [1.29, 1.82) is 0 Å². The Kier molecular flexibility index (Phi) is 5.62. The first-order valence-corrected chi connectivity index (χ1v) is 9.38. The van der Waals surface area contributed by atoms with E-state index in [1.807, 2.05) is 60.7 Å². The van der Waals surface area contributed by atoms with Crippen molar-refractivity contribution >= 4 is 38.3 Å². The van der Waals surface area contributed by atoms with Crippen molar-refractivity contribution in [3.8, 4) is 5.75 Å². The van der Waals surface area contributed by atoms with Crippen molar-refractivity contribution < 1.29 is 26.4 Å². The van der Waals surface area contributed by atoms with Gasteiger partial charge in [0.15, 0.2) is 0 Å². The number of hydrogen-bond acceptors (Lipinski definition) is 5. The van der Waals surface area contributed by atoms with Crippen LogP contribution in [0.3, 0.4) is 0 Å². The largest absolute Gasteiger partial charge is 0.435 e. The minimum Gasteiger partial charge on any atom is -0.423 e. The smallest absolute Gasteiger partial charge is 0.423 e. The molecule has 0 unspecified atom stereocenters. The Morgan fingerprint density at radius 1 is 0.893 bits per heavy atom. The number of fused-ring (bicyclic) bond motifs is 2. The van der Waals surface area contributed by atoms with Crippen molar-refractivity contribution in [2.75, 3.05) is 0 Å². The van der Waals surface area contributed by atoms with Crippen LogP contribution in [-0.2, 0) is 10.5 Å². The Bertz CT molecular complexity index is 1240. The van der Waals surface area contributed by atoms with Gasteiger partial charge in [-0.25, -0.2) is 9.78 Å². The van der Waals surface area contributed by atoms with E-state index in [0.717, 1.165) is 21.8 Å². The Balaban J connectivity index is 0.000000403. The van der Waals surface area contributed by atoms with Gasteiger partial charge in [0, 0.05) is 10.8 Å². The molecule has 0 amide bonds. The molecular formula is C20H14FNO5S. The number of carbonyl (C=O) groups excluding carboxylic acids is 1. The van der Waals surface area contributed by atoms with Gasteiger partial charge in [0.2, 0.25) is 0 Å². The Morgan fingerprint density at radius 3 is 2.21 bits per heavy atom. The number of ether oxygens (including phenoxy) is 1. The highest BCUT2D eigenvalue weighted by molar-refractivity contribution is 7.80. The number of nitrogens with zero attached hydrogens (tertiary/aromatic N) is 1. The molecule has 6 nitrogen and oxygen atoms in total. The van der Waals surface area contributed by atoms with Gasteiger partial charge in [-0.15, -0.1) is 0 Å². The van der Waals surface area contributed by atoms with Gasteiger partial charge in [0.1, 0.15) is 5.75 Å². The van der Waals surface area contributed by atoms with E-state index in [1.54, 1.807) is 18.2 Å². The first-order chi connectivity index (χ1) is 13.3. The molecule has 8 heteroatoms. The predicted molar refractivity (Wildman–Crippen MR) is 103 cm³/mol. The molecule has 3 aromatic carbocycles. The van der Waals surface area contributed by atoms with Crippen LogP contribution in [0.4, 0.5) is 3.89 Å². The second-order valence-electron chi connectivity index (χ2n) is 5.67. The number of para-hydroxylation sites is 2. The molecule has 0 saturated carbocycles. The van der Waals surface area contributed by atoms with Crippen molar-refractivity contribution in [2.24, 2.45) is 0 Å². The third kappa shape index (κ3) is 5.09. The maximum atomic E-state index is 12.5. The molecule has 4 rings (SSSR count). The molecule has 0 spiro atoms. The average Bonchev–Trinajstić information content (AvgIpc) is 2.65. The minimum atomic E-state index is -5.17. The van der Waals surface area contributed by atoms with Gasteiger partial charge in [-0.05, 0) is 36.4 Å². The zero-order chi connectivity index (χ0) is 20.1. The van der Waals surface area contributed by atoms with Gasteiger partial charge in [0.25, 0.3) is 0 Å². The molecule has 1 aromatic heterocycles.